The minimum atomic E-state index is -3.80. The van der Waals surface area contributed by atoms with E-state index in [0.717, 1.165) is 0 Å². The molecule has 0 saturated carbocycles. The van der Waals surface area contributed by atoms with Crippen LogP contribution in [0.2, 0.25) is 0 Å². The van der Waals surface area contributed by atoms with E-state index in [2.05, 4.69) is 0 Å². The minimum absolute atomic E-state index is 0.238. The molecule has 0 atom stereocenters. The average Bonchev–Trinajstić information content (AvgIpc) is 2.85. The third kappa shape index (κ3) is 2.30. The van der Waals surface area contributed by atoms with Crippen molar-refractivity contribution in [1.82, 2.24) is 8.61 Å². The molecule has 0 aromatic heterocycles. The van der Waals surface area contributed by atoms with Crippen LogP contribution in [0, 0.1) is 0 Å². The molecule has 0 unspecified atom stereocenters. The Hall–Kier alpha value is -1.74. The van der Waals surface area contributed by atoms with Crippen molar-refractivity contribution >= 4 is 20.0 Å². The topological polar surface area (TPSA) is 74.8 Å². The third-order valence-electron chi connectivity index (χ3n) is 5.73. The Kier molecular flexibility index (Phi) is 3.73. The summed E-state index contributed by atoms with van der Waals surface area (Å²) in [6, 6.07) is 13.7. The molecule has 2 aliphatic heterocycles. The van der Waals surface area contributed by atoms with E-state index in [0.29, 0.717) is 11.1 Å². The van der Waals surface area contributed by atoms with Crippen LogP contribution in [-0.4, -0.2) is 32.1 Å². The van der Waals surface area contributed by atoms with Gasteiger partial charge in [0.15, 0.2) is 0 Å². The van der Waals surface area contributed by atoms with Crippen LogP contribution in [0.25, 0.3) is 0 Å². The quantitative estimate of drug-likeness (QED) is 0.769. The molecule has 4 rings (SSSR count). The van der Waals surface area contributed by atoms with Crippen molar-refractivity contribution in [1.29, 1.82) is 0 Å². The Bertz CT molecular complexity index is 1060. The van der Waals surface area contributed by atoms with Crippen molar-refractivity contribution in [3.63, 3.8) is 0 Å². The largest absolute Gasteiger partial charge is 0.245 e. The van der Waals surface area contributed by atoms with Crippen molar-refractivity contribution in [2.24, 2.45) is 0 Å². The van der Waals surface area contributed by atoms with E-state index in [9.17, 15) is 16.8 Å². The highest BCUT2D eigenvalue weighted by Crippen LogP contribution is 2.48. The van der Waals surface area contributed by atoms with Gasteiger partial charge in [0.1, 0.15) is 0 Å². The summed E-state index contributed by atoms with van der Waals surface area (Å²) in [7, 11) is -7.60. The number of benzene rings is 2. The summed E-state index contributed by atoms with van der Waals surface area (Å²) in [6.07, 6.45) is 0. The SMILES string of the molecule is CC1(C)c2ccccc2S(=O)(=O)N1CN1C(C)(C)c2ccccc2S1(=O)=O. The second-order valence-corrected chi connectivity index (χ2v) is 11.6. The van der Waals surface area contributed by atoms with Crippen molar-refractivity contribution in [3.05, 3.63) is 59.7 Å². The minimum Gasteiger partial charge on any atom is -0.207 e. The van der Waals surface area contributed by atoms with Crippen molar-refractivity contribution in [2.75, 3.05) is 6.67 Å². The molecule has 0 amide bonds. The maximum Gasteiger partial charge on any atom is 0.245 e. The molecule has 0 radical (unpaired) electrons. The third-order valence-corrected chi connectivity index (χ3v) is 9.86. The van der Waals surface area contributed by atoms with E-state index in [1.807, 2.05) is 0 Å². The summed E-state index contributed by atoms with van der Waals surface area (Å²) in [5.41, 5.74) is -0.347. The Morgan fingerprint density at radius 3 is 1.33 bits per heavy atom. The standard InChI is InChI=1S/C19H22N2O4S2/c1-18(2)14-9-5-7-11-16(14)26(22,23)20(18)13-21-19(3,4)15-10-6-8-12-17(15)27(21,24)25/h5-12H,13H2,1-4H3. The van der Waals surface area contributed by atoms with Gasteiger partial charge in [0.2, 0.25) is 20.0 Å². The molecule has 0 bridgehead atoms. The van der Waals surface area contributed by atoms with Crippen LogP contribution in [0.3, 0.4) is 0 Å². The molecule has 0 spiro atoms. The molecule has 2 heterocycles. The van der Waals surface area contributed by atoms with Gasteiger partial charge >= 0.3 is 0 Å². The van der Waals surface area contributed by atoms with Crippen LogP contribution in [0.4, 0.5) is 0 Å². The Balaban J connectivity index is 1.84. The lowest BCUT2D eigenvalue weighted by Gasteiger charge is -2.37. The van der Waals surface area contributed by atoms with Gasteiger partial charge in [-0.2, -0.15) is 8.61 Å². The number of nitrogens with zero attached hydrogens (tertiary/aromatic N) is 2. The van der Waals surface area contributed by atoms with Crippen LogP contribution in [-0.2, 0) is 31.1 Å². The zero-order valence-corrected chi connectivity index (χ0v) is 17.3. The van der Waals surface area contributed by atoms with E-state index < -0.39 is 31.1 Å². The fourth-order valence-corrected chi connectivity index (χ4v) is 8.30. The highest BCUT2D eigenvalue weighted by molar-refractivity contribution is 7.90. The number of sulfonamides is 2. The molecule has 2 aromatic rings. The van der Waals surface area contributed by atoms with Gasteiger partial charge in [-0.25, -0.2) is 16.8 Å². The molecule has 0 saturated heterocycles. The summed E-state index contributed by atoms with van der Waals surface area (Å²) in [6.45, 7) is 6.98. The second kappa shape index (κ2) is 5.41. The molecule has 8 heteroatoms. The van der Waals surface area contributed by atoms with Crippen LogP contribution in [0.15, 0.2) is 58.3 Å². The number of rotatable bonds is 2. The first kappa shape index (κ1) is 18.6. The van der Waals surface area contributed by atoms with Crippen molar-refractivity contribution in [3.8, 4) is 0 Å². The van der Waals surface area contributed by atoms with E-state index in [4.69, 9.17) is 0 Å². The van der Waals surface area contributed by atoms with Gasteiger partial charge in [0.05, 0.1) is 27.5 Å². The Morgan fingerprint density at radius 2 is 1.00 bits per heavy atom. The molecular weight excluding hydrogens is 384 g/mol. The van der Waals surface area contributed by atoms with Crippen LogP contribution >= 0.6 is 0 Å². The molecule has 2 aromatic carbocycles. The van der Waals surface area contributed by atoms with E-state index >= 15 is 0 Å². The molecular formula is C19H22N2O4S2. The van der Waals surface area contributed by atoms with Gasteiger partial charge in [-0.3, -0.25) is 0 Å². The predicted octanol–water partition coefficient (Wildman–Crippen LogP) is 2.82. The first-order valence-electron chi connectivity index (χ1n) is 8.67. The number of hydrogen-bond acceptors (Lipinski definition) is 4. The fourth-order valence-electron chi connectivity index (χ4n) is 4.12. The van der Waals surface area contributed by atoms with Crippen LogP contribution in [0.1, 0.15) is 38.8 Å². The Labute approximate surface area is 160 Å². The van der Waals surface area contributed by atoms with Gasteiger partial charge in [-0.1, -0.05) is 36.4 Å². The monoisotopic (exact) mass is 406 g/mol. The van der Waals surface area contributed by atoms with Gasteiger partial charge in [0.25, 0.3) is 0 Å². The fraction of sp³-hybridized carbons (Fsp3) is 0.368. The van der Waals surface area contributed by atoms with E-state index in [1.54, 1.807) is 76.2 Å². The predicted molar refractivity (Wildman–Crippen MR) is 102 cm³/mol. The highest BCUT2D eigenvalue weighted by Gasteiger charge is 2.54. The molecule has 2 aliphatic rings. The maximum absolute atomic E-state index is 13.2. The molecule has 6 nitrogen and oxygen atoms in total. The summed E-state index contributed by atoms with van der Waals surface area (Å²) in [4.78, 5) is 0.476. The Morgan fingerprint density at radius 1 is 0.667 bits per heavy atom. The lowest BCUT2D eigenvalue weighted by Crippen LogP contribution is -2.51. The molecule has 27 heavy (non-hydrogen) atoms. The van der Waals surface area contributed by atoms with Crippen molar-refractivity contribution < 1.29 is 16.8 Å². The molecule has 0 N–H and O–H groups in total. The normalized spacial score (nSPS) is 24.4. The van der Waals surface area contributed by atoms with E-state index in [-0.39, 0.29) is 16.5 Å². The summed E-state index contributed by atoms with van der Waals surface area (Å²) in [5.74, 6) is 0. The summed E-state index contributed by atoms with van der Waals surface area (Å²) >= 11 is 0. The summed E-state index contributed by atoms with van der Waals surface area (Å²) < 4.78 is 55.3. The maximum atomic E-state index is 13.2. The van der Waals surface area contributed by atoms with E-state index in [1.165, 1.54) is 8.61 Å². The van der Waals surface area contributed by atoms with Crippen LogP contribution < -0.4 is 0 Å². The molecule has 0 aliphatic carbocycles. The van der Waals surface area contributed by atoms with Crippen molar-refractivity contribution in [2.45, 2.75) is 48.6 Å². The average molecular weight is 407 g/mol. The lowest BCUT2D eigenvalue weighted by molar-refractivity contribution is 0.129. The highest BCUT2D eigenvalue weighted by atomic mass is 32.2. The van der Waals surface area contributed by atoms with Gasteiger partial charge in [-0.15, -0.1) is 0 Å². The first-order chi connectivity index (χ1) is 12.4. The van der Waals surface area contributed by atoms with Gasteiger partial charge in [0, 0.05) is 0 Å². The van der Waals surface area contributed by atoms with Gasteiger partial charge in [-0.05, 0) is 51.0 Å². The second-order valence-electron chi connectivity index (χ2n) is 7.96. The zero-order valence-electron chi connectivity index (χ0n) is 15.7. The van der Waals surface area contributed by atoms with Gasteiger partial charge < -0.3 is 0 Å². The lowest BCUT2D eigenvalue weighted by atomic mass is 9.93. The summed E-state index contributed by atoms with van der Waals surface area (Å²) in [5, 5.41) is 0. The number of hydrogen-bond donors (Lipinski definition) is 0. The smallest absolute Gasteiger partial charge is 0.207 e. The molecule has 0 fully saturated rings. The first-order valence-corrected chi connectivity index (χ1v) is 11.6. The number of fused-ring (bicyclic) bond motifs is 2. The van der Waals surface area contributed by atoms with Crippen LogP contribution in [0.5, 0.6) is 0 Å². The zero-order chi connectivity index (χ0) is 19.8. The molecule has 144 valence electrons.